The van der Waals surface area contributed by atoms with Gasteiger partial charge in [0.1, 0.15) is 6.04 Å². The number of aliphatic carboxylic acids is 1. The lowest BCUT2D eigenvalue weighted by Crippen LogP contribution is -2.47. The van der Waals surface area contributed by atoms with Gasteiger partial charge in [0.05, 0.1) is 6.54 Å². The molecule has 0 fully saturated rings. The molecular formula is C14H20N2O3. The molecule has 0 saturated carbocycles. The number of hydrogen-bond acceptors (Lipinski definition) is 3. The van der Waals surface area contributed by atoms with E-state index in [-0.39, 0.29) is 18.4 Å². The number of nitrogens with one attached hydrogen (secondary N) is 1. The van der Waals surface area contributed by atoms with Crippen LogP contribution in [0.5, 0.6) is 0 Å². The van der Waals surface area contributed by atoms with E-state index < -0.39 is 12.0 Å². The summed E-state index contributed by atoms with van der Waals surface area (Å²) in [5.41, 5.74) is 0.911. The number of carboxylic acids is 1. The zero-order valence-corrected chi connectivity index (χ0v) is 11.5. The SMILES string of the molecule is CC(C)C(NC(=O)CN(C)c1ccccc1)C(=O)O. The van der Waals surface area contributed by atoms with E-state index in [1.165, 1.54) is 0 Å². The molecule has 5 nitrogen and oxygen atoms in total. The minimum Gasteiger partial charge on any atom is -0.480 e. The first-order valence-corrected chi connectivity index (χ1v) is 6.20. The first-order valence-electron chi connectivity index (χ1n) is 6.20. The molecule has 2 N–H and O–H groups in total. The van der Waals surface area contributed by atoms with Crippen LogP contribution in [0.4, 0.5) is 5.69 Å². The molecule has 1 aromatic carbocycles. The molecule has 0 spiro atoms. The van der Waals surface area contributed by atoms with Crippen LogP contribution in [-0.2, 0) is 9.59 Å². The Kier molecular flexibility index (Phi) is 5.36. The van der Waals surface area contributed by atoms with E-state index in [1.807, 2.05) is 30.3 Å². The van der Waals surface area contributed by atoms with Gasteiger partial charge in [-0.1, -0.05) is 32.0 Å². The fraction of sp³-hybridized carbons (Fsp3) is 0.429. The largest absolute Gasteiger partial charge is 0.480 e. The number of hydrogen-bond donors (Lipinski definition) is 2. The molecular weight excluding hydrogens is 244 g/mol. The van der Waals surface area contributed by atoms with Gasteiger partial charge in [0.25, 0.3) is 0 Å². The first-order chi connectivity index (χ1) is 8.91. The first kappa shape index (κ1) is 15.0. The number of carboxylic acid groups (broad SMARTS) is 1. The van der Waals surface area contributed by atoms with Gasteiger partial charge in [0, 0.05) is 12.7 Å². The summed E-state index contributed by atoms with van der Waals surface area (Å²) in [6.45, 7) is 3.65. The van der Waals surface area contributed by atoms with Crippen molar-refractivity contribution in [3.05, 3.63) is 30.3 Å². The number of rotatable bonds is 6. The quantitative estimate of drug-likeness (QED) is 0.813. The number of benzene rings is 1. The summed E-state index contributed by atoms with van der Waals surface area (Å²) < 4.78 is 0. The van der Waals surface area contributed by atoms with E-state index in [4.69, 9.17) is 5.11 Å². The van der Waals surface area contributed by atoms with Crippen molar-refractivity contribution < 1.29 is 14.7 Å². The van der Waals surface area contributed by atoms with Gasteiger partial charge < -0.3 is 15.3 Å². The van der Waals surface area contributed by atoms with Crippen LogP contribution in [0.2, 0.25) is 0 Å². The van der Waals surface area contributed by atoms with Crippen molar-refractivity contribution >= 4 is 17.6 Å². The highest BCUT2D eigenvalue weighted by Gasteiger charge is 2.23. The third-order valence-corrected chi connectivity index (χ3v) is 2.83. The van der Waals surface area contributed by atoms with Crippen LogP contribution in [0.3, 0.4) is 0 Å². The number of para-hydroxylation sites is 1. The second-order valence-electron chi connectivity index (χ2n) is 4.82. The van der Waals surface area contributed by atoms with Gasteiger partial charge in [-0.2, -0.15) is 0 Å². The third-order valence-electron chi connectivity index (χ3n) is 2.83. The van der Waals surface area contributed by atoms with E-state index >= 15 is 0 Å². The molecule has 0 heterocycles. The molecule has 0 radical (unpaired) electrons. The van der Waals surface area contributed by atoms with E-state index in [9.17, 15) is 9.59 Å². The van der Waals surface area contributed by atoms with Gasteiger partial charge in [0.2, 0.25) is 5.91 Å². The summed E-state index contributed by atoms with van der Waals surface area (Å²) in [4.78, 5) is 24.6. The van der Waals surface area contributed by atoms with Gasteiger partial charge in [-0.15, -0.1) is 0 Å². The number of nitrogens with zero attached hydrogens (tertiary/aromatic N) is 1. The van der Waals surface area contributed by atoms with Gasteiger partial charge in [0.15, 0.2) is 0 Å². The molecule has 1 rings (SSSR count). The van der Waals surface area contributed by atoms with Gasteiger partial charge >= 0.3 is 5.97 Å². The van der Waals surface area contributed by atoms with Crippen molar-refractivity contribution in [2.45, 2.75) is 19.9 Å². The van der Waals surface area contributed by atoms with Crippen LogP contribution in [-0.4, -0.2) is 36.6 Å². The lowest BCUT2D eigenvalue weighted by Gasteiger charge is -2.22. The highest BCUT2D eigenvalue weighted by atomic mass is 16.4. The molecule has 0 bridgehead atoms. The van der Waals surface area contributed by atoms with Crippen LogP contribution in [0.15, 0.2) is 30.3 Å². The van der Waals surface area contributed by atoms with Crippen molar-refractivity contribution in [2.24, 2.45) is 5.92 Å². The maximum absolute atomic E-state index is 11.8. The molecule has 1 aromatic rings. The van der Waals surface area contributed by atoms with Crippen molar-refractivity contribution in [1.82, 2.24) is 5.32 Å². The Labute approximate surface area is 113 Å². The summed E-state index contributed by atoms with van der Waals surface area (Å²) in [5, 5.41) is 11.6. The minimum absolute atomic E-state index is 0.126. The van der Waals surface area contributed by atoms with E-state index in [1.54, 1.807) is 25.8 Å². The van der Waals surface area contributed by atoms with Crippen molar-refractivity contribution in [1.29, 1.82) is 0 Å². The van der Waals surface area contributed by atoms with Gasteiger partial charge in [-0.05, 0) is 18.1 Å². The average Bonchev–Trinajstić information content (AvgIpc) is 2.36. The molecule has 0 aliphatic carbocycles. The summed E-state index contributed by atoms with van der Waals surface area (Å²) in [7, 11) is 1.79. The van der Waals surface area contributed by atoms with Gasteiger partial charge in [-0.25, -0.2) is 4.79 Å². The Hall–Kier alpha value is -2.04. The van der Waals surface area contributed by atoms with Crippen molar-refractivity contribution in [3.8, 4) is 0 Å². The molecule has 0 aliphatic heterocycles. The molecule has 1 unspecified atom stereocenters. The monoisotopic (exact) mass is 264 g/mol. The Morgan fingerprint density at radius 1 is 1.26 bits per heavy atom. The van der Waals surface area contributed by atoms with Crippen molar-refractivity contribution in [2.75, 3.05) is 18.5 Å². The zero-order valence-electron chi connectivity index (χ0n) is 11.5. The smallest absolute Gasteiger partial charge is 0.326 e. The molecule has 19 heavy (non-hydrogen) atoms. The third kappa shape index (κ3) is 4.62. The summed E-state index contributed by atoms with van der Waals surface area (Å²) >= 11 is 0. The number of amides is 1. The maximum atomic E-state index is 11.8. The molecule has 0 saturated heterocycles. The number of carbonyl (C=O) groups excluding carboxylic acids is 1. The standard InChI is InChI=1S/C14H20N2O3/c1-10(2)13(14(18)19)15-12(17)9-16(3)11-7-5-4-6-8-11/h4-8,10,13H,9H2,1-3H3,(H,15,17)(H,18,19). The van der Waals surface area contributed by atoms with Crippen LogP contribution in [0.1, 0.15) is 13.8 Å². The maximum Gasteiger partial charge on any atom is 0.326 e. The lowest BCUT2D eigenvalue weighted by molar-refractivity contribution is -0.142. The van der Waals surface area contributed by atoms with Crippen molar-refractivity contribution in [3.63, 3.8) is 0 Å². The Morgan fingerprint density at radius 3 is 2.32 bits per heavy atom. The molecule has 0 aromatic heterocycles. The summed E-state index contributed by atoms with van der Waals surface area (Å²) in [5.74, 6) is -1.46. The van der Waals surface area contributed by atoms with E-state index in [0.717, 1.165) is 5.69 Å². The second kappa shape index (κ2) is 6.78. The summed E-state index contributed by atoms with van der Waals surface area (Å²) in [6, 6.07) is 8.61. The fourth-order valence-corrected chi connectivity index (χ4v) is 1.72. The minimum atomic E-state index is -1.01. The Balaban J connectivity index is 2.58. The highest BCUT2D eigenvalue weighted by molar-refractivity contribution is 5.86. The highest BCUT2D eigenvalue weighted by Crippen LogP contribution is 2.10. The molecule has 1 amide bonds. The molecule has 1 atom stereocenters. The molecule has 0 aliphatic rings. The lowest BCUT2D eigenvalue weighted by atomic mass is 10.0. The van der Waals surface area contributed by atoms with Crippen LogP contribution >= 0.6 is 0 Å². The van der Waals surface area contributed by atoms with Crippen LogP contribution in [0.25, 0.3) is 0 Å². The fourth-order valence-electron chi connectivity index (χ4n) is 1.72. The topological polar surface area (TPSA) is 69.6 Å². The predicted octanol–water partition coefficient (Wildman–Crippen LogP) is 1.35. The Bertz CT molecular complexity index is 432. The van der Waals surface area contributed by atoms with Crippen LogP contribution in [0, 0.1) is 5.92 Å². The van der Waals surface area contributed by atoms with E-state index in [2.05, 4.69) is 5.32 Å². The average molecular weight is 264 g/mol. The van der Waals surface area contributed by atoms with Gasteiger partial charge in [-0.3, -0.25) is 4.79 Å². The normalized spacial score (nSPS) is 12.0. The van der Waals surface area contributed by atoms with E-state index in [0.29, 0.717) is 0 Å². The predicted molar refractivity (Wildman–Crippen MR) is 74.1 cm³/mol. The number of likely N-dealkylation sites (N-methyl/N-ethyl adjacent to an activating group) is 1. The Morgan fingerprint density at radius 2 is 1.84 bits per heavy atom. The number of carbonyl (C=O) groups is 2. The number of anilines is 1. The molecule has 104 valence electrons. The van der Waals surface area contributed by atoms with Crippen LogP contribution < -0.4 is 10.2 Å². The zero-order chi connectivity index (χ0) is 14.4. The molecule has 5 heteroatoms. The second-order valence-corrected chi connectivity index (χ2v) is 4.82. The summed E-state index contributed by atoms with van der Waals surface area (Å²) in [6.07, 6.45) is 0.